The standard InChI is InChI=1S/C39H32BrN3O6S2/c1-2-48-28-16-21(8-14-27(28)49-18-29(44)41-23-11-7-19-5-3-4-6-20(19)15-23)30-31-25-17-26(34(31)50-36-35(30)51-39(47)42-36)33-32(25)37(45)43(38(33)46)24-12-9-22(40)10-13-24/h3-16,25-26,30-34H,2,17-18H2,1H3,(H,41,44)(H,42,47)/t25-,26-,30-,31?,32?,33?,34?/m1/s1. The summed E-state index contributed by atoms with van der Waals surface area (Å²) in [5, 5.41) is 5.94. The number of nitrogens with one attached hydrogen (secondary N) is 2. The highest BCUT2D eigenvalue weighted by molar-refractivity contribution is 9.10. The lowest BCUT2D eigenvalue weighted by atomic mass is 9.68. The number of ether oxygens (including phenoxy) is 2. The van der Waals surface area contributed by atoms with Crippen LogP contribution in [-0.4, -0.2) is 41.2 Å². The first kappa shape index (κ1) is 32.5. The quantitative estimate of drug-likeness (QED) is 0.157. The summed E-state index contributed by atoms with van der Waals surface area (Å²) in [5.74, 6) is -0.524. The molecule has 2 saturated carbocycles. The van der Waals surface area contributed by atoms with Crippen molar-refractivity contribution in [3.05, 3.63) is 110 Å². The second kappa shape index (κ2) is 12.7. The van der Waals surface area contributed by atoms with Crippen molar-refractivity contribution in [2.45, 2.75) is 29.5 Å². The van der Waals surface area contributed by atoms with Crippen molar-refractivity contribution in [1.29, 1.82) is 0 Å². The number of rotatable bonds is 8. The molecular weight excluding hydrogens is 750 g/mol. The fraction of sp³-hybridized carbons (Fsp3) is 0.282. The lowest BCUT2D eigenvalue weighted by molar-refractivity contribution is -0.123. The molecule has 0 radical (unpaired) electrons. The predicted octanol–water partition coefficient (Wildman–Crippen LogP) is 7.45. The zero-order valence-corrected chi connectivity index (χ0v) is 30.6. The minimum atomic E-state index is -0.400. The first-order chi connectivity index (χ1) is 24.8. The van der Waals surface area contributed by atoms with Crippen LogP contribution >= 0.6 is 39.0 Å². The van der Waals surface area contributed by atoms with Crippen LogP contribution in [0.4, 0.5) is 11.4 Å². The summed E-state index contributed by atoms with van der Waals surface area (Å²) in [6.45, 7) is 2.07. The lowest BCUT2D eigenvalue weighted by Gasteiger charge is -2.43. The van der Waals surface area contributed by atoms with E-state index in [1.165, 1.54) is 16.2 Å². The molecule has 1 saturated heterocycles. The van der Waals surface area contributed by atoms with E-state index in [1.54, 1.807) is 11.8 Å². The monoisotopic (exact) mass is 781 g/mol. The number of amides is 3. The van der Waals surface area contributed by atoms with Crippen molar-refractivity contribution in [3.63, 3.8) is 0 Å². The molecule has 12 heteroatoms. The Morgan fingerprint density at radius 3 is 2.45 bits per heavy atom. The Kier molecular flexibility index (Phi) is 8.08. The molecule has 2 aliphatic carbocycles. The molecule has 5 aromatic rings. The summed E-state index contributed by atoms with van der Waals surface area (Å²) in [4.78, 5) is 59.0. The largest absolute Gasteiger partial charge is 0.490 e. The maximum absolute atomic E-state index is 14.1. The number of nitrogens with zero attached hydrogens (tertiary/aromatic N) is 1. The Hall–Kier alpha value is -4.39. The maximum atomic E-state index is 14.1. The Morgan fingerprint density at radius 2 is 1.67 bits per heavy atom. The third-order valence-corrected chi connectivity index (χ3v) is 13.9. The van der Waals surface area contributed by atoms with E-state index in [2.05, 4.69) is 26.2 Å². The van der Waals surface area contributed by atoms with Gasteiger partial charge >= 0.3 is 4.87 Å². The fourth-order valence-electron chi connectivity index (χ4n) is 8.95. The molecule has 3 amide bonds. The maximum Gasteiger partial charge on any atom is 0.305 e. The Labute approximate surface area is 309 Å². The van der Waals surface area contributed by atoms with Crippen molar-refractivity contribution >= 4 is 78.9 Å². The number of fused-ring (bicyclic) bond motifs is 10. The third kappa shape index (κ3) is 5.41. The summed E-state index contributed by atoms with van der Waals surface area (Å²) < 4.78 is 13.0. The topological polar surface area (TPSA) is 118 Å². The van der Waals surface area contributed by atoms with Crippen LogP contribution in [0.5, 0.6) is 11.5 Å². The van der Waals surface area contributed by atoms with Crippen LogP contribution in [0.2, 0.25) is 0 Å². The molecule has 0 spiro atoms. The molecule has 9 nitrogen and oxygen atoms in total. The number of imide groups is 1. The third-order valence-electron chi connectivity index (χ3n) is 10.8. The Bertz CT molecular complexity index is 2290. The van der Waals surface area contributed by atoms with Gasteiger partial charge in [-0.3, -0.25) is 24.1 Å². The zero-order chi connectivity index (χ0) is 35.0. The summed E-state index contributed by atoms with van der Waals surface area (Å²) >= 11 is 6.32. The van der Waals surface area contributed by atoms with Gasteiger partial charge in [0.1, 0.15) is 0 Å². The number of H-pyrrole nitrogens is 1. The molecule has 1 aromatic heterocycles. The van der Waals surface area contributed by atoms with Crippen molar-refractivity contribution in [1.82, 2.24) is 4.98 Å². The highest BCUT2D eigenvalue weighted by atomic mass is 79.9. The Morgan fingerprint density at radius 1 is 0.902 bits per heavy atom. The van der Waals surface area contributed by atoms with Gasteiger partial charge in [0.15, 0.2) is 18.1 Å². The molecular formula is C39H32BrN3O6S2. The first-order valence-corrected chi connectivity index (χ1v) is 19.5. The zero-order valence-electron chi connectivity index (χ0n) is 27.3. The normalized spacial score (nSPS) is 25.8. The van der Waals surface area contributed by atoms with Crippen molar-refractivity contribution in [3.8, 4) is 11.5 Å². The van der Waals surface area contributed by atoms with Gasteiger partial charge in [-0.15, -0.1) is 11.8 Å². The van der Waals surface area contributed by atoms with Crippen LogP contribution in [0.25, 0.3) is 10.8 Å². The molecule has 4 unspecified atom stereocenters. The van der Waals surface area contributed by atoms with Gasteiger partial charge in [-0.05, 0) is 96.0 Å². The van der Waals surface area contributed by atoms with Gasteiger partial charge in [0, 0.05) is 26.2 Å². The second-order valence-electron chi connectivity index (χ2n) is 13.5. The molecule has 9 rings (SSSR count). The van der Waals surface area contributed by atoms with Crippen LogP contribution in [0.1, 0.15) is 29.7 Å². The van der Waals surface area contributed by atoms with Crippen LogP contribution in [-0.2, 0) is 14.4 Å². The molecule has 4 aliphatic rings. The summed E-state index contributed by atoms with van der Waals surface area (Å²) in [5.41, 5.74) is 2.23. The molecule has 7 atom stereocenters. The van der Waals surface area contributed by atoms with Crippen LogP contribution in [0.3, 0.4) is 0 Å². The number of halogens is 1. The van der Waals surface area contributed by atoms with Gasteiger partial charge in [-0.2, -0.15) is 0 Å². The molecule has 258 valence electrons. The summed E-state index contributed by atoms with van der Waals surface area (Å²) in [6, 6.07) is 26.8. The van der Waals surface area contributed by atoms with E-state index in [1.807, 2.05) is 91.9 Å². The first-order valence-electron chi connectivity index (χ1n) is 17.0. The second-order valence-corrected chi connectivity index (χ2v) is 16.6. The van der Waals surface area contributed by atoms with E-state index >= 15 is 0 Å². The molecule has 2 bridgehead atoms. The molecule has 2 aliphatic heterocycles. The fourth-order valence-corrected chi connectivity index (χ4v) is 12.1. The van der Waals surface area contributed by atoms with Crippen LogP contribution in [0, 0.1) is 29.6 Å². The number of aromatic nitrogens is 1. The predicted molar refractivity (Wildman–Crippen MR) is 201 cm³/mol. The van der Waals surface area contributed by atoms with Gasteiger partial charge in [0.2, 0.25) is 11.8 Å². The number of thioether (sulfide) groups is 1. The molecule has 3 heterocycles. The van der Waals surface area contributed by atoms with Gasteiger partial charge < -0.3 is 19.8 Å². The highest BCUT2D eigenvalue weighted by Gasteiger charge is 2.69. The number of thiazole rings is 1. The van der Waals surface area contributed by atoms with Gasteiger partial charge in [-0.1, -0.05) is 63.7 Å². The molecule has 2 N–H and O–H groups in total. The number of hydrogen-bond donors (Lipinski definition) is 2. The summed E-state index contributed by atoms with van der Waals surface area (Å²) in [7, 11) is 0. The van der Waals surface area contributed by atoms with Crippen molar-refractivity contribution in [2.24, 2.45) is 29.6 Å². The number of hydrogen-bond acceptors (Lipinski definition) is 8. The van der Waals surface area contributed by atoms with Crippen LogP contribution in [0.15, 0.2) is 99.2 Å². The van der Waals surface area contributed by atoms with E-state index in [0.717, 1.165) is 37.1 Å². The number of carbonyl (C=O) groups is 3. The number of benzene rings is 4. The lowest BCUT2D eigenvalue weighted by Crippen LogP contribution is -2.42. The average molecular weight is 783 g/mol. The van der Waals surface area contributed by atoms with Crippen molar-refractivity contribution < 1.29 is 23.9 Å². The van der Waals surface area contributed by atoms with Gasteiger partial charge in [0.25, 0.3) is 5.91 Å². The van der Waals surface area contributed by atoms with E-state index in [0.29, 0.717) is 29.5 Å². The summed E-state index contributed by atoms with van der Waals surface area (Å²) in [6.07, 6.45) is 0.796. The minimum Gasteiger partial charge on any atom is -0.490 e. The minimum absolute atomic E-state index is 0.0148. The van der Waals surface area contributed by atoms with E-state index < -0.39 is 5.92 Å². The highest BCUT2D eigenvalue weighted by Crippen LogP contribution is 2.68. The number of aromatic amines is 1. The smallest absolute Gasteiger partial charge is 0.305 e. The van der Waals surface area contributed by atoms with E-state index in [-0.39, 0.29) is 64.0 Å². The van der Waals surface area contributed by atoms with Gasteiger partial charge in [0.05, 0.1) is 29.2 Å². The van der Waals surface area contributed by atoms with Gasteiger partial charge in [-0.25, -0.2) is 0 Å². The molecule has 4 aromatic carbocycles. The number of anilines is 2. The molecule has 3 fully saturated rings. The van der Waals surface area contributed by atoms with Crippen molar-refractivity contribution in [2.75, 3.05) is 23.4 Å². The Balaban J connectivity index is 1.00. The van der Waals surface area contributed by atoms with E-state index in [9.17, 15) is 19.2 Å². The average Bonchev–Trinajstić information content (AvgIpc) is 3.87. The van der Waals surface area contributed by atoms with E-state index in [4.69, 9.17) is 9.47 Å². The van der Waals surface area contributed by atoms with Crippen LogP contribution < -0.4 is 24.6 Å². The molecule has 51 heavy (non-hydrogen) atoms. The number of carbonyl (C=O) groups excluding carboxylic acids is 3. The SMILES string of the molecule is CCOc1cc([C@H]2c3sc(=O)[nH]c3SC3C2[C@H]2C[C@@H]3C3C(=O)N(c4ccc(Br)cc4)C(=O)C32)ccc1OCC(=O)Nc1ccc2ccccc2c1.